The number of carbonyl (C=O) groups excluding carboxylic acids is 1. The van der Waals surface area contributed by atoms with Gasteiger partial charge in [0, 0.05) is 7.11 Å². The van der Waals surface area contributed by atoms with Gasteiger partial charge in [0.25, 0.3) is 0 Å². The molecule has 96 valence electrons. The Morgan fingerprint density at radius 2 is 2.24 bits per heavy atom. The Morgan fingerprint density at radius 3 is 2.76 bits per heavy atom. The van der Waals surface area contributed by atoms with Crippen LogP contribution in [0, 0.1) is 0 Å². The molecule has 1 aromatic heterocycles. The number of methoxy groups -OCH3 is 1. The molecule has 0 aliphatic carbocycles. The number of nitrogens with zero attached hydrogens (tertiary/aromatic N) is 2. The second kappa shape index (κ2) is 5.92. The van der Waals surface area contributed by atoms with Crippen LogP contribution in [0.4, 0.5) is 0 Å². The lowest BCUT2D eigenvalue weighted by molar-refractivity contribution is 0.111. The predicted octanol–water partition coefficient (Wildman–Crippen LogP) is 0.526. The Kier molecular flexibility index (Phi) is 4.83. The fraction of sp³-hybridized carbons (Fsp3) is 0.600. The van der Waals surface area contributed by atoms with Gasteiger partial charge < -0.3 is 4.74 Å². The fourth-order valence-corrected chi connectivity index (χ4v) is 3.16. The zero-order valence-corrected chi connectivity index (χ0v) is 10.7. The molecule has 0 aromatic carbocycles. The van der Waals surface area contributed by atoms with Crippen LogP contribution in [-0.2, 0) is 21.1 Å². The molecule has 1 rings (SSSR count). The summed E-state index contributed by atoms with van der Waals surface area (Å²) in [5, 5.41) is 3.89. The average Bonchev–Trinajstić information content (AvgIpc) is 2.69. The molecule has 0 saturated carbocycles. The van der Waals surface area contributed by atoms with E-state index < -0.39 is 9.84 Å². The van der Waals surface area contributed by atoms with Crippen LogP contribution in [0.15, 0.2) is 11.2 Å². The second-order valence-corrected chi connectivity index (χ2v) is 5.58. The largest absolute Gasteiger partial charge is 0.383 e. The number of sulfone groups is 1. The van der Waals surface area contributed by atoms with Crippen molar-refractivity contribution < 1.29 is 17.9 Å². The number of carbonyl (C=O) groups is 1. The summed E-state index contributed by atoms with van der Waals surface area (Å²) < 4.78 is 30.2. The van der Waals surface area contributed by atoms with E-state index >= 15 is 0 Å². The number of aromatic nitrogens is 2. The molecular formula is C10H16N2O4S. The molecule has 0 spiro atoms. The maximum Gasteiger partial charge on any atom is 0.196 e. The molecule has 0 amide bonds. The maximum atomic E-state index is 12.0. The fourth-order valence-electron chi connectivity index (χ4n) is 1.51. The van der Waals surface area contributed by atoms with Crippen molar-refractivity contribution in [2.24, 2.45) is 0 Å². The molecule has 1 aromatic rings. The molecule has 0 fully saturated rings. The zero-order valence-electron chi connectivity index (χ0n) is 9.92. The minimum absolute atomic E-state index is 0.00646. The Bertz CT molecular complexity index is 478. The molecule has 0 unspecified atom stereocenters. The normalized spacial score (nSPS) is 11.6. The first-order valence-corrected chi connectivity index (χ1v) is 6.94. The van der Waals surface area contributed by atoms with Gasteiger partial charge in [-0.05, 0) is 6.42 Å². The van der Waals surface area contributed by atoms with Crippen LogP contribution in [0.3, 0.4) is 0 Å². The molecule has 0 radical (unpaired) electrons. The highest BCUT2D eigenvalue weighted by molar-refractivity contribution is 7.91. The number of aldehydes is 1. The molecule has 1 heterocycles. The van der Waals surface area contributed by atoms with Crippen LogP contribution in [-0.4, -0.2) is 44.0 Å². The van der Waals surface area contributed by atoms with Gasteiger partial charge in [0.1, 0.15) is 0 Å². The Hall–Kier alpha value is -1.21. The molecular weight excluding hydrogens is 244 g/mol. The first-order valence-electron chi connectivity index (χ1n) is 5.29. The highest BCUT2D eigenvalue weighted by Crippen LogP contribution is 2.16. The second-order valence-electron chi connectivity index (χ2n) is 3.56. The van der Waals surface area contributed by atoms with Crippen molar-refractivity contribution in [3.05, 3.63) is 11.8 Å². The molecule has 0 N–H and O–H groups in total. The summed E-state index contributed by atoms with van der Waals surface area (Å²) in [6.45, 7) is 2.42. The average molecular weight is 260 g/mol. The van der Waals surface area contributed by atoms with E-state index in [2.05, 4.69) is 5.10 Å². The molecule has 0 bridgehead atoms. The van der Waals surface area contributed by atoms with E-state index in [-0.39, 0.29) is 16.3 Å². The van der Waals surface area contributed by atoms with Crippen LogP contribution in [0.1, 0.15) is 23.7 Å². The summed E-state index contributed by atoms with van der Waals surface area (Å²) in [7, 11) is -1.94. The van der Waals surface area contributed by atoms with Gasteiger partial charge >= 0.3 is 0 Å². The van der Waals surface area contributed by atoms with Gasteiger partial charge in [-0.3, -0.25) is 9.48 Å². The summed E-state index contributed by atoms with van der Waals surface area (Å²) in [5.74, 6) is 0.00646. The van der Waals surface area contributed by atoms with Gasteiger partial charge in [0.2, 0.25) is 0 Å². The van der Waals surface area contributed by atoms with Crippen LogP contribution in [0.2, 0.25) is 0 Å². The van der Waals surface area contributed by atoms with Gasteiger partial charge in [-0.2, -0.15) is 5.10 Å². The van der Waals surface area contributed by atoms with Crippen molar-refractivity contribution in [2.45, 2.75) is 24.9 Å². The van der Waals surface area contributed by atoms with Gasteiger partial charge in [0.15, 0.2) is 21.1 Å². The van der Waals surface area contributed by atoms with Crippen molar-refractivity contribution >= 4 is 16.1 Å². The number of hydrogen-bond acceptors (Lipinski definition) is 5. The third-order valence-corrected chi connectivity index (χ3v) is 4.20. The molecule has 0 aliphatic heterocycles. The Balaban J connectivity index is 3.18. The topological polar surface area (TPSA) is 78.3 Å². The number of ether oxygens (including phenoxy) is 1. The highest BCUT2D eigenvalue weighted by atomic mass is 32.2. The Labute approximate surface area is 100 Å². The molecule has 7 heteroatoms. The monoisotopic (exact) mass is 260 g/mol. The molecule has 0 saturated heterocycles. The lowest BCUT2D eigenvalue weighted by Crippen LogP contribution is -2.17. The first-order chi connectivity index (χ1) is 8.06. The highest BCUT2D eigenvalue weighted by Gasteiger charge is 2.23. The van der Waals surface area contributed by atoms with Crippen molar-refractivity contribution in [3.8, 4) is 0 Å². The zero-order chi connectivity index (χ0) is 12.9. The smallest absolute Gasteiger partial charge is 0.196 e. The van der Waals surface area contributed by atoms with E-state index in [1.54, 1.807) is 6.92 Å². The SMILES string of the molecule is CCCS(=O)(=O)c1c(C=O)cnn1CCOC. The lowest BCUT2D eigenvalue weighted by atomic mass is 10.4. The van der Waals surface area contributed by atoms with Gasteiger partial charge in [0.05, 0.1) is 30.7 Å². The van der Waals surface area contributed by atoms with Crippen LogP contribution in [0.25, 0.3) is 0 Å². The van der Waals surface area contributed by atoms with Crippen LogP contribution in [0.5, 0.6) is 0 Å². The van der Waals surface area contributed by atoms with E-state index in [0.29, 0.717) is 25.9 Å². The number of rotatable bonds is 7. The molecule has 6 nitrogen and oxygen atoms in total. The van der Waals surface area contributed by atoms with E-state index in [0.717, 1.165) is 0 Å². The minimum Gasteiger partial charge on any atom is -0.383 e. The van der Waals surface area contributed by atoms with Gasteiger partial charge in [-0.25, -0.2) is 8.42 Å². The van der Waals surface area contributed by atoms with Crippen molar-refractivity contribution in [3.63, 3.8) is 0 Å². The maximum absolute atomic E-state index is 12.0. The Morgan fingerprint density at radius 1 is 1.53 bits per heavy atom. The minimum atomic E-state index is -3.46. The van der Waals surface area contributed by atoms with Crippen molar-refractivity contribution in [1.29, 1.82) is 0 Å². The molecule has 0 atom stereocenters. The van der Waals surface area contributed by atoms with Crippen LogP contribution >= 0.6 is 0 Å². The summed E-state index contributed by atoms with van der Waals surface area (Å²) in [5.41, 5.74) is 0.106. The third kappa shape index (κ3) is 3.13. The summed E-state index contributed by atoms with van der Waals surface area (Å²) in [6.07, 6.45) is 2.28. The standard InChI is InChI=1S/C10H16N2O4S/c1-3-6-17(14,15)10-9(8-13)7-11-12(10)4-5-16-2/h7-8H,3-6H2,1-2H3. The van der Waals surface area contributed by atoms with Crippen LogP contribution < -0.4 is 0 Å². The van der Waals surface area contributed by atoms with E-state index in [1.807, 2.05) is 0 Å². The summed E-state index contributed by atoms with van der Waals surface area (Å²) >= 11 is 0. The number of hydrogen-bond donors (Lipinski definition) is 0. The van der Waals surface area contributed by atoms with Gasteiger partial charge in [-0.1, -0.05) is 6.92 Å². The van der Waals surface area contributed by atoms with Crippen molar-refractivity contribution in [2.75, 3.05) is 19.5 Å². The third-order valence-electron chi connectivity index (χ3n) is 2.22. The lowest BCUT2D eigenvalue weighted by Gasteiger charge is -2.07. The van der Waals surface area contributed by atoms with E-state index in [4.69, 9.17) is 4.74 Å². The summed E-state index contributed by atoms with van der Waals surface area (Å²) in [6, 6.07) is 0. The van der Waals surface area contributed by atoms with Crippen molar-refractivity contribution in [1.82, 2.24) is 9.78 Å². The first kappa shape index (κ1) is 13.9. The molecule has 17 heavy (non-hydrogen) atoms. The predicted molar refractivity (Wildman–Crippen MR) is 61.8 cm³/mol. The van der Waals surface area contributed by atoms with E-state index in [9.17, 15) is 13.2 Å². The molecule has 0 aliphatic rings. The quantitative estimate of drug-likeness (QED) is 0.668. The summed E-state index contributed by atoms with van der Waals surface area (Å²) in [4.78, 5) is 10.8. The van der Waals surface area contributed by atoms with Gasteiger partial charge in [-0.15, -0.1) is 0 Å². The van der Waals surface area contributed by atoms with E-state index in [1.165, 1.54) is 18.0 Å².